The van der Waals surface area contributed by atoms with Crippen LogP contribution < -0.4 is 9.80 Å². The Morgan fingerprint density at radius 1 is 1.21 bits per heavy atom. The molecule has 1 amide bonds. The first-order chi connectivity index (χ1) is 11.2. The molecule has 0 atom stereocenters. The van der Waals surface area contributed by atoms with Crippen molar-refractivity contribution >= 4 is 27.1 Å². The maximum absolute atomic E-state index is 13.5. The minimum Gasteiger partial charge on any atom is -0.455 e. The summed E-state index contributed by atoms with van der Waals surface area (Å²) in [6, 6.07) is 7.18. The summed E-state index contributed by atoms with van der Waals surface area (Å²) in [6.07, 6.45) is 1.10. The van der Waals surface area contributed by atoms with Gasteiger partial charge in [-0.15, -0.1) is 0 Å². The van der Waals surface area contributed by atoms with Crippen molar-refractivity contribution in [3.8, 4) is 0 Å². The largest absolute Gasteiger partial charge is 0.455 e. The predicted molar refractivity (Wildman–Crippen MR) is 88.6 cm³/mol. The van der Waals surface area contributed by atoms with Crippen molar-refractivity contribution < 1.29 is 22.0 Å². The fourth-order valence-electron chi connectivity index (χ4n) is 2.69. The van der Waals surface area contributed by atoms with Gasteiger partial charge in [-0.2, -0.15) is 0 Å². The molecule has 0 radical (unpaired) electrons. The molecule has 0 spiro atoms. The molecule has 8 heteroatoms. The van der Waals surface area contributed by atoms with Crippen molar-refractivity contribution in [3.63, 3.8) is 0 Å². The summed E-state index contributed by atoms with van der Waals surface area (Å²) in [4.78, 5) is 16.1. The average molecular weight is 352 g/mol. The van der Waals surface area contributed by atoms with E-state index in [2.05, 4.69) is 0 Å². The molecular formula is C16H17FN2O4S. The monoisotopic (exact) mass is 352 g/mol. The Hall–Kier alpha value is -2.35. The van der Waals surface area contributed by atoms with E-state index in [-0.39, 0.29) is 29.0 Å². The molecule has 0 N–H and O–H groups in total. The van der Waals surface area contributed by atoms with Crippen molar-refractivity contribution in [2.24, 2.45) is 0 Å². The third-order valence-corrected chi connectivity index (χ3v) is 4.63. The number of halogens is 1. The molecule has 128 valence electrons. The van der Waals surface area contributed by atoms with E-state index in [1.807, 2.05) is 11.9 Å². The first kappa shape index (κ1) is 16.5. The van der Waals surface area contributed by atoms with E-state index >= 15 is 0 Å². The van der Waals surface area contributed by atoms with Crippen molar-refractivity contribution in [2.75, 3.05) is 36.2 Å². The number of amides is 1. The Morgan fingerprint density at radius 2 is 1.96 bits per heavy atom. The second-order valence-electron chi connectivity index (χ2n) is 5.85. The van der Waals surface area contributed by atoms with E-state index in [1.165, 1.54) is 29.2 Å². The maximum atomic E-state index is 13.5. The van der Waals surface area contributed by atoms with Gasteiger partial charge in [-0.05, 0) is 30.3 Å². The lowest BCUT2D eigenvalue weighted by Crippen LogP contribution is -2.42. The van der Waals surface area contributed by atoms with Crippen molar-refractivity contribution in [1.82, 2.24) is 0 Å². The fraction of sp³-hybridized carbons (Fsp3) is 0.312. The molecule has 1 aliphatic heterocycles. The number of carbonyl (C=O) groups is 1. The van der Waals surface area contributed by atoms with Gasteiger partial charge in [0.15, 0.2) is 15.6 Å². The minimum absolute atomic E-state index is 0.0634. The molecule has 0 unspecified atom stereocenters. The van der Waals surface area contributed by atoms with Crippen LogP contribution in [0.4, 0.5) is 15.8 Å². The summed E-state index contributed by atoms with van der Waals surface area (Å²) in [5.74, 6) is -0.730. The molecule has 6 nitrogen and oxygen atoms in total. The first-order valence-electron chi connectivity index (χ1n) is 7.33. The van der Waals surface area contributed by atoms with Crippen LogP contribution in [0.15, 0.2) is 34.7 Å². The second kappa shape index (κ2) is 5.94. The van der Waals surface area contributed by atoms with Crippen molar-refractivity contribution in [2.45, 2.75) is 5.75 Å². The van der Waals surface area contributed by atoms with Crippen LogP contribution in [-0.4, -0.2) is 40.7 Å². The number of benzene rings is 1. The Labute approximate surface area is 139 Å². The van der Waals surface area contributed by atoms with Gasteiger partial charge in [0.1, 0.15) is 17.3 Å². The molecule has 1 aromatic carbocycles. The van der Waals surface area contributed by atoms with E-state index in [9.17, 15) is 17.6 Å². The number of nitrogens with zero attached hydrogens (tertiary/aromatic N) is 2. The van der Waals surface area contributed by atoms with Gasteiger partial charge >= 0.3 is 0 Å². The number of carbonyl (C=O) groups excluding carboxylic acids is 1. The van der Waals surface area contributed by atoms with Gasteiger partial charge in [-0.3, -0.25) is 4.79 Å². The standard InChI is InChI=1S/C16H17FN2O4S/c1-18-7-8-19(13-5-3-11(17)9-14(13)18)16(20)15-6-4-12(23-15)10-24(2,21)22/h3-6,9H,7-8,10H2,1-2H3. The number of sulfone groups is 1. The third-order valence-electron chi connectivity index (χ3n) is 3.82. The second-order valence-corrected chi connectivity index (χ2v) is 7.99. The molecule has 2 heterocycles. The van der Waals surface area contributed by atoms with Gasteiger partial charge in [0.2, 0.25) is 0 Å². The molecule has 0 saturated carbocycles. The molecule has 1 aromatic heterocycles. The lowest BCUT2D eigenvalue weighted by molar-refractivity contribution is 0.0958. The average Bonchev–Trinajstić information content (AvgIpc) is 2.94. The van der Waals surface area contributed by atoms with E-state index in [0.29, 0.717) is 24.5 Å². The highest BCUT2D eigenvalue weighted by molar-refractivity contribution is 7.89. The van der Waals surface area contributed by atoms with E-state index in [1.54, 1.807) is 6.07 Å². The number of anilines is 2. The van der Waals surface area contributed by atoms with Crippen LogP contribution >= 0.6 is 0 Å². The smallest absolute Gasteiger partial charge is 0.294 e. The first-order valence-corrected chi connectivity index (χ1v) is 9.39. The Balaban J connectivity index is 1.90. The summed E-state index contributed by atoms with van der Waals surface area (Å²) in [6.45, 7) is 0.981. The van der Waals surface area contributed by atoms with Crippen molar-refractivity contribution in [1.29, 1.82) is 0 Å². The van der Waals surface area contributed by atoms with Crippen LogP contribution in [0, 0.1) is 5.82 Å². The maximum Gasteiger partial charge on any atom is 0.294 e. The molecule has 0 bridgehead atoms. The van der Waals surface area contributed by atoms with Crippen LogP contribution in [0.2, 0.25) is 0 Å². The van der Waals surface area contributed by atoms with Crippen molar-refractivity contribution in [3.05, 3.63) is 47.7 Å². The Morgan fingerprint density at radius 3 is 2.67 bits per heavy atom. The molecule has 0 aliphatic carbocycles. The zero-order valence-electron chi connectivity index (χ0n) is 13.3. The summed E-state index contributed by atoms with van der Waals surface area (Å²) in [5, 5.41) is 0. The van der Waals surface area contributed by atoms with Crippen LogP contribution in [0.5, 0.6) is 0 Å². The molecule has 3 rings (SSSR count). The number of furan rings is 1. The molecular weight excluding hydrogens is 335 g/mol. The van der Waals surface area contributed by atoms with E-state index < -0.39 is 9.84 Å². The third kappa shape index (κ3) is 3.28. The molecule has 1 aliphatic rings. The van der Waals surface area contributed by atoms with Crippen LogP contribution in [-0.2, 0) is 15.6 Å². The van der Waals surface area contributed by atoms with Gasteiger partial charge in [0, 0.05) is 26.4 Å². The number of hydrogen-bond donors (Lipinski definition) is 0. The summed E-state index contributed by atoms with van der Waals surface area (Å²) in [5.41, 5.74) is 1.22. The number of fused-ring (bicyclic) bond motifs is 1. The van der Waals surface area contributed by atoms with Gasteiger partial charge in [0.05, 0.1) is 11.4 Å². The normalized spacial score (nSPS) is 14.6. The van der Waals surface area contributed by atoms with E-state index in [4.69, 9.17) is 4.42 Å². The molecule has 24 heavy (non-hydrogen) atoms. The summed E-state index contributed by atoms with van der Waals surface area (Å²) < 4.78 is 41.5. The van der Waals surface area contributed by atoms with Gasteiger partial charge < -0.3 is 14.2 Å². The highest BCUT2D eigenvalue weighted by atomic mass is 32.2. The molecule has 2 aromatic rings. The highest BCUT2D eigenvalue weighted by Crippen LogP contribution is 2.33. The number of likely N-dealkylation sites (N-methyl/N-ethyl adjacent to an activating group) is 1. The zero-order chi connectivity index (χ0) is 17.5. The summed E-state index contributed by atoms with van der Waals surface area (Å²) >= 11 is 0. The number of hydrogen-bond acceptors (Lipinski definition) is 5. The minimum atomic E-state index is -3.24. The zero-order valence-corrected chi connectivity index (χ0v) is 14.1. The highest BCUT2D eigenvalue weighted by Gasteiger charge is 2.28. The molecule has 0 saturated heterocycles. The molecule has 0 fully saturated rings. The van der Waals surface area contributed by atoms with Gasteiger partial charge in [0.25, 0.3) is 5.91 Å². The predicted octanol–water partition coefficient (Wildman–Crippen LogP) is 2.06. The fourth-order valence-corrected chi connectivity index (χ4v) is 3.37. The van der Waals surface area contributed by atoms with E-state index in [0.717, 1.165) is 6.26 Å². The van der Waals surface area contributed by atoms with Crippen LogP contribution in [0.1, 0.15) is 16.3 Å². The quantitative estimate of drug-likeness (QED) is 0.846. The van der Waals surface area contributed by atoms with Crippen LogP contribution in [0.25, 0.3) is 0 Å². The Bertz CT molecular complexity index is 891. The van der Waals surface area contributed by atoms with Gasteiger partial charge in [-0.1, -0.05) is 0 Å². The Kier molecular flexibility index (Phi) is 4.08. The lowest BCUT2D eigenvalue weighted by atomic mass is 10.1. The van der Waals surface area contributed by atoms with Gasteiger partial charge in [-0.25, -0.2) is 12.8 Å². The lowest BCUT2D eigenvalue weighted by Gasteiger charge is -2.35. The van der Waals surface area contributed by atoms with Crippen LogP contribution in [0.3, 0.4) is 0 Å². The summed E-state index contributed by atoms with van der Waals surface area (Å²) in [7, 11) is -1.41. The SMILES string of the molecule is CN1CCN(C(=O)c2ccc(CS(C)(=O)=O)o2)c2ccc(F)cc21. The number of rotatable bonds is 3. The topological polar surface area (TPSA) is 70.8 Å².